The molecule has 1 aromatic heterocycles. The summed E-state index contributed by atoms with van der Waals surface area (Å²) < 4.78 is 23.9. The third kappa shape index (κ3) is 4.23. The number of ether oxygens (including phenoxy) is 4. The molecule has 0 N–H and O–H groups in total. The van der Waals surface area contributed by atoms with E-state index in [4.69, 9.17) is 18.9 Å². The van der Waals surface area contributed by atoms with Gasteiger partial charge in [0, 0.05) is 16.8 Å². The zero-order valence-corrected chi connectivity index (χ0v) is 21.2. The van der Waals surface area contributed by atoms with Crippen LogP contribution in [0.3, 0.4) is 0 Å². The van der Waals surface area contributed by atoms with Crippen LogP contribution in [0.15, 0.2) is 57.5 Å². The van der Waals surface area contributed by atoms with Gasteiger partial charge in [0.05, 0.1) is 39.0 Å². The molecule has 2 aromatic carbocycles. The number of para-hydroxylation sites is 1. The Morgan fingerprint density at radius 3 is 2.20 bits per heavy atom. The fourth-order valence-electron chi connectivity index (χ4n) is 4.29. The molecule has 0 aliphatic carbocycles. The van der Waals surface area contributed by atoms with Gasteiger partial charge in [0.1, 0.15) is 5.75 Å². The maximum Gasteiger partial charge on any atom is 0.271 e. The van der Waals surface area contributed by atoms with E-state index < -0.39 is 6.04 Å². The number of thiazole rings is 1. The summed E-state index contributed by atoms with van der Waals surface area (Å²) in [5.74, 6) is 1.86. The van der Waals surface area contributed by atoms with Crippen LogP contribution >= 0.6 is 11.3 Å². The van der Waals surface area contributed by atoms with Crippen LogP contribution in [0, 0.1) is 0 Å². The summed E-state index contributed by atoms with van der Waals surface area (Å²) >= 11 is 1.25. The van der Waals surface area contributed by atoms with E-state index in [1.165, 1.54) is 39.6 Å². The van der Waals surface area contributed by atoms with Gasteiger partial charge < -0.3 is 18.9 Å². The topological polar surface area (TPSA) is 88.4 Å². The highest BCUT2D eigenvalue weighted by Crippen LogP contribution is 2.38. The number of ketones is 1. The summed E-state index contributed by atoms with van der Waals surface area (Å²) in [6.07, 6.45) is 1.75. The molecule has 1 aliphatic rings. The van der Waals surface area contributed by atoms with E-state index in [-0.39, 0.29) is 11.3 Å². The number of fused-ring (bicyclic) bond motifs is 1. The van der Waals surface area contributed by atoms with Crippen molar-refractivity contribution in [1.82, 2.24) is 4.57 Å². The van der Waals surface area contributed by atoms with E-state index >= 15 is 0 Å². The van der Waals surface area contributed by atoms with Crippen LogP contribution in [0.5, 0.6) is 23.0 Å². The van der Waals surface area contributed by atoms with Gasteiger partial charge in [-0.1, -0.05) is 29.5 Å². The molecule has 0 spiro atoms. The molecular formula is C26H26N2O6S. The maximum absolute atomic E-state index is 13.7. The van der Waals surface area contributed by atoms with Crippen molar-refractivity contribution in [2.24, 2.45) is 4.99 Å². The van der Waals surface area contributed by atoms with Crippen molar-refractivity contribution in [1.29, 1.82) is 0 Å². The van der Waals surface area contributed by atoms with Crippen LogP contribution in [-0.4, -0.2) is 38.8 Å². The summed E-state index contributed by atoms with van der Waals surface area (Å²) in [6, 6.07) is 10.3. The van der Waals surface area contributed by atoms with Crippen LogP contribution in [-0.2, 0) is 4.79 Å². The smallest absolute Gasteiger partial charge is 0.271 e. The number of Topliss-reactive ketones (excluding diaryl/α,β-unsaturated/α-hetero) is 1. The molecule has 2 heterocycles. The molecule has 0 saturated heterocycles. The van der Waals surface area contributed by atoms with Crippen molar-refractivity contribution in [3.05, 3.63) is 78.5 Å². The van der Waals surface area contributed by atoms with Gasteiger partial charge in [-0.25, -0.2) is 4.99 Å². The van der Waals surface area contributed by atoms with Gasteiger partial charge in [-0.2, -0.15) is 0 Å². The van der Waals surface area contributed by atoms with Gasteiger partial charge in [0.25, 0.3) is 5.56 Å². The average Bonchev–Trinajstić information content (AvgIpc) is 3.16. The second-order valence-electron chi connectivity index (χ2n) is 7.84. The monoisotopic (exact) mass is 494 g/mol. The van der Waals surface area contributed by atoms with Crippen molar-refractivity contribution in [2.45, 2.75) is 19.9 Å². The number of rotatable bonds is 7. The summed E-state index contributed by atoms with van der Waals surface area (Å²) in [6.45, 7) is 3.28. The zero-order chi connectivity index (χ0) is 25.3. The minimum atomic E-state index is -0.651. The highest BCUT2D eigenvalue weighted by Gasteiger charge is 2.32. The highest BCUT2D eigenvalue weighted by molar-refractivity contribution is 7.07. The van der Waals surface area contributed by atoms with Crippen LogP contribution < -0.4 is 33.8 Å². The van der Waals surface area contributed by atoms with Crippen molar-refractivity contribution in [2.75, 3.05) is 28.4 Å². The lowest BCUT2D eigenvalue weighted by atomic mass is 9.93. The average molecular weight is 495 g/mol. The Hall–Kier alpha value is -3.85. The fraction of sp³-hybridized carbons (Fsp3) is 0.269. The van der Waals surface area contributed by atoms with Crippen LogP contribution in [0.4, 0.5) is 0 Å². The van der Waals surface area contributed by atoms with Gasteiger partial charge in [0.15, 0.2) is 22.1 Å². The highest BCUT2D eigenvalue weighted by atomic mass is 32.1. The first kappa shape index (κ1) is 24.3. The lowest BCUT2D eigenvalue weighted by Gasteiger charge is -2.25. The molecular weight excluding hydrogens is 468 g/mol. The number of methoxy groups -OCH3 is 4. The van der Waals surface area contributed by atoms with E-state index in [1.54, 1.807) is 36.8 Å². The minimum absolute atomic E-state index is 0.152. The predicted octanol–water partition coefficient (Wildman–Crippen LogP) is 2.86. The third-order valence-corrected chi connectivity index (χ3v) is 6.80. The second-order valence-corrected chi connectivity index (χ2v) is 8.85. The Morgan fingerprint density at radius 1 is 1.00 bits per heavy atom. The molecule has 1 aliphatic heterocycles. The van der Waals surface area contributed by atoms with Crippen LogP contribution in [0.2, 0.25) is 0 Å². The molecule has 0 saturated carbocycles. The van der Waals surface area contributed by atoms with Crippen molar-refractivity contribution >= 4 is 23.2 Å². The standard InChI is InChI=1S/C26H26N2O6S/c1-14-22(15(2)29)23(17-9-7-8-10-18(17)31-3)28-25(30)21(35-26(28)27-14)13-16-11-19(32-4)24(34-6)20(12-16)33-5/h7-13,23H,1-6H3/b21-13+/t23-/m1/s1. The summed E-state index contributed by atoms with van der Waals surface area (Å²) in [7, 11) is 6.17. The van der Waals surface area contributed by atoms with Crippen molar-refractivity contribution in [3.8, 4) is 23.0 Å². The zero-order valence-electron chi connectivity index (χ0n) is 20.4. The van der Waals surface area contributed by atoms with Gasteiger partial charge in [0.2, 0.25) is 5.75 Å². The van der Waals surface area contributed by atoms with Crippen LogP contribution in [0.1, 0.15) is 31.0 Å². The number of aromatic nitrogens is 1. The number of hydrogen-bond donors (Lipinski definition) is 0. The van der Waals surface area contributed by atoms with Crippen molar-refractivity contribution < 1.29 is 23.7 Å². The Kier molecular flexibility index (Phi) is 6.79. The molecule has 0 unspecified atom stereocenters. The lowest BCUT2D eigenvalue weighted by Crippen LogP contribution is -2.39. The van der Waals surface area contributed by atoms with E-state index in [2.05, 4.69) is 4.99 Å². The van der Waals surface area contributed by atoms with Gasteiger partial charge in [-0.3, -0.25) is 14.2 Å². The minimum Gasteiger partial charge on any atom is -0.496 e. The lowest BCUT2D eigenvalue weighted by molar-refractivity contribution is -0.114. The van der Waals surface area contributed by atoms with Gasteiger partial charge in [-0.05, 0) is 43.7 Å². The Bertz CT molecular complexity index is 1490. The summed E-state index contributed by atoms with van der Waals surface area (Å²) in [4.78, 5) is 31.5. The Labute approximate surface area is 206 Å². The van der Waals surface area contributed by atoms with Gasteiger partial charge in [-0.15, -0.1) is 0 Å². The summed E-state index contributed by atoms with van der Waals surface area (Å²) in [5.41, 5.74) is 2.19. The molecule has 4 rings (SSSR count). The quantitative estimate of drug-likeness (QED) is 0.502. The first-order chi connectivity index (χ1) is 16.8. The number of hydrogen-bond acceptors (Lipinski definition) is 8. The molecule has 35 heavy (non-hydrogen) atoms. The molecule has 1 atom stereocenters. The first-order valence-electron chi connectivity index (χ1n) is 10.8. The predicted molar refractivity (Wildman–Crippen MR) is 134 cm³/mol. The molecule has 3 aromatic rings. The molecule has 0 radical (unpaired) electrons. The maximum atomic E-state index is 13.7. The molecule has 182 valence electrons. The second kappa shape index (κ2) is 9.79. The van der Waals surface area contributed by atoms with E-state index in [0.717, 1.165) is 5.56 Å². The SMILES string of the molecule is COc1ccccc1[C@@H]1C(C(C)=O)=C(C)N=c2s/c(=C/c3cc(OC)c(OC)c(OC)c3)c(=O)n21. The number of benzene rings is 2. The first-order valence-corrected chi connectivity index (χ1v) is 11.6. The Balaban J connectivity index is 1.99. The number of carbonyl (C=O) groups excluding carboxylic acids is 1. The van der Waals surface area contributed by atoms with E-state index in [9.17, 15) is 9.59 Å². The van der Waals surface area contributed by atoms with Crippen molar-refractivity contribution in [3.63, 3.8) is 0 Å². The van der Waals surface area contributed by atoms with Gasteiger partial charge >= 0.3 is 0 Å². The normalized spacial score (nSPS) is 15.4. The molecule has 0 amide bonds. The largest absolute Gasteiger partial charge is 0.496 e. The van der Waals surface area contributed by atoms with Crippen LogP contribution in [0.25, 0.3) is 6.08 Å². The van der Waals surface area contributed by atoms with E-state index in [0.29, 0.717) is 49.2 Å². The number of allylic oxidation sites excluding steroid dienone is 2. The fourth-order valence-corrected chi connectivity index (χ4v) is 5.34. The summed E-state index contributed by atoms with van der Waals surface area (Å²) in [5, 5.41) is 0. The number of carbonyl (C=O) groups is 1. The third-order valence-electron chi connectivity index (χ3n) is 5.82. The number of nitrogens with zero attached hydrogens (tertiary/aromatic N) is 2. The molecule has 0 bridgehead atoms. The molecule has 9 heteroatoms. The molecule has 0 fully saturated rings. The Morgan fingerprint density at radius 2 is 1.63 bits per heavy atom. The molecule has 8 nitrogen and oxygen atoms in total. The van der Waals surface area contributed by atoms with E-state index in [1.807, 2.05) is 24.3 Å².